The third kappa shape index (κ3) is 3.76. The van der Waals surface area contributed by atoms with E-state index in [1.165, 1.54) is 24.3 Å². The maximum Gasteiger partial charge on any atom is 0.269 e. The molecule has 0 saturated carbocycles. The van der Waals surface area contributed by atoms with Crippen molar-refractivity contribution in [2.24, 2.45) is 0 Å². The van der Waals surface area contributed by atoms with Crippen molar-refractivity contribution in [2.75, 3.05) is 0 Å². The van der Waals surface area contributed by atoms with Gasteiger partial charge in [0.05, 0.1) is 4.92 Å². The van der Waals surface area contributed by atoms with Crippen LogP contribution in [-0.2, 0) is 13.1 Å². The summed E-state index contributed by atoms with van der Waals surface area (Å²) in [4.78, 5) is 10.1. The number of halogens is 2. The summed E-state index contributed by atoms with van der Waals surface area (Å²) in [6.45, 7) is 0.827. The van der Waals surface area contributed by atoms with E-state index in [1.54, 1.807) is 18.2 Å². The molecule has 1 N–H and O–H groups in total. The molecule has 2 rings (SSSR count). The summed E-state index contributed by atoms with van der Waals surface area (Å²) in [7, 11) is 0. The van der Waals surface area contributed by atoms with Crippen molar-refractivity contribution in [1.82, 2.24) is 5.32 Å². The average Bonchev–Trinajstić information content (AvgIpc) is 2.43. The molecule has 2 aromatic carbocycles. The Morgan fingerprint density at radius 1 is 1.15 bits per heavy atom. The van der Waals surface area contributed by atoms with Gasteiger partial charge in [0.25, 0.3) is 5.69 Å². The van der Waals surface area contributed by atoms with E-state index in [4.69, 9.17) is 11.6 Å². The lowest BCUT2D eigenvalue weighted by Crippen LogP contribution is -2.13. The molecule has 0 saturated heterocycles. The Labute approximate surface area is 120 Å². The van der Waals surface area contributed by atoms with Crippen LogP contribution >= 0.6 is 11.6 Å². The van der Waals surface area contributed by atoms with E-state index in [0.29, 0.717) is 23.7 Å². The van der Waals surface area contributed by atoms with Gasteiger partial charge in [0.1, 0.15) is 5.82 Å². The quantitative estimate of drug-likeness (QED) is 0.676. The van der Waals surface area contributed by atoms with Gasteiger partial charge in [-0.3, -0.25) is 10.1 Å². The number of nitrogens with one attached hydrogen (secondary N) is 1. The number of hydrogen-bond donors (Lipinski definition) is 1. The van der Waals surface area contributed by atoms with Crippen molar-refractivity contribution in [3.63, 3.8) is 0 Å². The molecule has 6 heteroatoms. The van der Waals surface area contributed by atoms with Crippen LogP contribution in [0.3, 0.4) is 0 Å². The van der Waals surface area contributed by atoms with E-state index in [-0.39, 0.29) is 11.5 Å². The lowest BCUT2D eigenvalue weighted by molar-refractivity contribution is -0.384. The summed E-state index contributed by atoms with van der Waals surface area (Å²) in [6.07, 6.45) is 0. The van der Waals surface area contributed by atoms with Crippen molar-refractivity contribution < 1.29 is 9.31 Å². The van der Waals surface area contributed by atoms with Gasteiger partial charge in [0.2, 0.25) is 0 Å². The van der Waals surface area contributed by atoms with Crippen molar-refractivity contribution in [1.29, 1.82) is 0 Å². The van der Waals surface area contributed by atoms with Crippen LogP contribution in [-0.4, -0.2) is 4.92 Å². The van der Waals surface area contributed by atoms with E-state index in [9.17, 15) is 14.5 Å². The predicted molar refractivity (Wildman–Crippen MR) is 75.1 cm³/mol. The highest BCUT2D eigenvalue weighted by molar-refractivity contribution is 6.30. The Hall–Kier alpha value is -1.98. The lowest BCUT2D eigenvalue weighted by atomic mass is 10.2. The molecule has 0 aliphatic rings. The highest BCUT2D eigenvalue weighted by Crippen LogP contribution is 2.15. The fourth-order valence-corrected chi connectivity index (χ4v) is 1.95. The van der Waals surface area contributed by atoms with Gasteiger partial charge in [0, 0.05) is 35.8 Å². The minimum absolute atomic E-state index is 0.0506. The molecule has 2 aromatic rings. The molecular weight excluding hydrogens is 283 g/mol. The zero-order chi connectivity index (χ0) is 14.5. The highest BCUT2D eigenvalue weighted by atomic mass is 35.5. The Morgan fingerprint density at radius 2 is 1.85 bits per heavy atom. The first kappa shape index (κ1) is 14.4. The summed E-state index contributed by atoms with van der Waals surface area (Å²) in [5.74, 6) is -0.314. The molecule has 20 heavy (non-hydrogen) atoms. The second-order valence-corrected chi connectivity index (χ2v) is 4.70. The van der Waals surface area contributed by atoms with Crippen LogP contribution in [0.1, 0.15) is 11.1 Å². The minimum atomic E-state index is -0.446. The maximum absolute atomic E-state index is 13.5. The van der Waals surface area contributed by atoms with E-state index in [1.807, 2.05) is 0 Å². The number of rotatable bonds is 5. The first-order chi connectivity index (χ1) is 9.56. The van der Waals surface area contributed by atoms with Crippen molar-refractivity contribution in [3.8, 4) is 0 Å². The molecule has 0 unspecified atom stereocenters. The topological polar surface area (TPSA) is 55.2 Å². The molecular formula is C14H12ClFN2O2. The Balaban J connectivity index is 1.92. The molecule has 0 atom stereocenters. The van der Waals surface area contributed by atoms with Crippen molar-refractivity contribution in [2.45, 2.75) is 13.1 Å². The molecule has 4 nitrogen and oxygen atoms in total. The first-order valence-electron chi connectivity index (χ1n) is 5.94. The third-order valence-corrected chi connectivity index (χ3v) is 3.03. The Morgan fingerprint density at radius 3 is 2.50 bits per heavy atom. The number of nitro benzene ring substituents is 1. The van der Waals surface area contributed by atoms with Gasteiger partial charge in [-0.2, -0.15) is 0 Å². The standard InChI is InChI=1S/C14H12ClFN2O2/c15-12-3-6-14(16)11(7-12)9-17-8-10-1-4-13(5-2-10)18(19)20/h1-7,17H,8-9H2. The zero-order valence-corrected chi connectivity index (χ0v) is 11.2. The molecule has 0 spiro atoms. The van der Waals surface area contributed by atoms with E-state index in [2.05, 4.69) is 5.32 Å². The van der Waals surface area contributed by atoms with Crippen molar-refractivity contribution >= 4 is 17.3 Å². The van der Waals surface area contributed by atoms with Gasteiger partial charge in [-0.15, -0.1) is 0 Å². The molecule has 0 aromatic heterocycles. The summed E-state index contributed by atoms with van der Waals surface area (Å²) in [5.41, 5.74) is 1.42. The number of benzene rings is 2. The molecule has 104 valence electrons. The predicted octanol–water partition coefficient (Wildman–Crippen LogP) is 3.68. The van der Waals surface area contributed by atoms with Gasteiger partial charge in [-0.1, -0.05) is 23.7 Å². The molecule has 0 aliphatic carbocycles. The average molecular weight is 295 g/mol. The van der Waals surface area contributed by atoms with Crippen LogP contribution in [0.4, 0.5) is 10.1 Å². The minimum Gasteiger partial charge on any atom is -0.309 e. The monoisotopic (exact) mass is 294 g/mol. The highest BCUT2D eigenvalue weighted by Gasteiger charge is 2.05. The van der Waals surface area contributed by atoms with Gasteiger partial charge in [-0.25, -0.2) is 4.39 Å². The summed E-state index contributed by atoms with van der Waals surface area (Å²) < 4.78 is 13.5. The van der Waals surface area contributed by atoms with E-state index >= 15 is 0 Å². The van der Waals surface area contributed by atoms with Crippen LogP contribution < -0.4 is 5.32 Å². The van der Waals surface area contributed by atoms with Crippen LogP contribution in [0.2, 0.25) is 5.02 Å². The second kappa shape index (κ2) is 6.45. The lowest BCUT2D eigenvalue weighted by Gasteiger charge is -2.06. The normalized spacial score (nSPS) is 10.5. The van der Waals surface area contributed by atoms with Gasteiger partial charge >= 0.3 is 0 Å². The summed E-state index contributed by atoms with van der Waals surface area (Å²) in [6, 6.07) is 10.6. The molecule has 0 aliphatic heterocycles. The van der Waals surface area contributed by atoms with Crippen LogP contribution in [0, 0.1) is 15.9 Å². The Bertz CT molecular complexity index is 617. The van der Waals surface area contributed by atoms with E-state index < -0.39 is 4.92 Å². The molecule has 0 fully saturated rings. The van der Waals surface area contributed by atoms with Crippen molar-refractivity contribution in [3.05, 3.63) is 74.5 Å². The fraction of sp³-hybridized carbons (Fsp3) is 0.143. The summed E-state index contributed by atoms with van der Waals surface area (Å²) >= 11 is 5.80. The zero-order valence-electron chi connectivity index (χ0n) is 10.5. The maximum atomic E-state index is 13.5. The number of nitro groups is 1. The van der Waals surface area contributed by atoms with E-state index in [0.717, 1.165) is 5.56 Å². The first-order valence-corrected chi connectivity index (χ1v) is 6.32. The number of hydrogen-bond acceptors (Lipinski definition) is 3. The Kier molecular flexibility index (Phi) is 4.65. The third-order valence-electron chi connectivity index (χ3n) is 2.80. The smallest absolute Gasteiger partial charge is 0.269 e. The SMILES string of the molecule is O=[N+]([O-])c1ccc(CNCc2cc(Cl)ccc2F)cc1. The van der Waals surface area contributed by atoms with Gasteiger partial charge in [-0.05, 0) is 23.8 Å². The molecule has 0 amide bonds. The van der Waals surface area contributed by atoms with Gasteiger partial charge < -0.3 is 5.32 Å². The van der Waals surface area contributed by atoms with Crippen LogP contribution in [0.15, 0.2) is 42.5 Å². The number of non-ortho nitro benzene ring substituents is 1. The second-order valence-electron chi connectivity index (χ2n) is 4.26. The number of nitrogens with zero attached hydrogens (tertiary/aromatic N) is 1. The largest absolute Gasteiger partial charge is 0.309 e. The summed E-state index contributed by atoms with van der Waals surface area (Å²) in [5, 5.41) is 14.1. The fourth-order valence-electron chi connectivity index (χ4n) is 1.76. The van der Waals surface area contributed by atoms with Crippen LogP contribution in [0.5, 0.6) is 0 Å². The van der Waals surface area contributed by atoms with Gasteiger partial charge in [0.15, 0.2) is 0 Å². The van der Waals surface area contributed by atoms with Crippen LogP contribution in [0.25, 0.3) is 0 Å². The molecule has 0 radical (unpaired) electrons. The molecule has 0 heterocycles. The molecule has 0 bridgehead atoms.